The predicted molar refractivity (Wildman–Crippen MR) is 80.9 cm³/mol. The zero-order valence-electron chi connectivity index (χ0n) is 13.6. The van der Waals surface area contributed by atoms with Gasteiger partial charge in [0, 0.05) is 13.1 Å². The van der Waals surface area contributed by atoms with Gasteiger partial charge in [-0.05, 0) is 47.0 Å². The van der Waals surface area contributed by atoms with E-state index in [1.165, 1.54) is 0 Å². The second-order valence-electron chi connectivity index (χ2n) is 6.46. The number of hydrogen-bond donors (Lipinski definition) is 0. The fourth-order valence-corrected chi connectivity index (χ4v) is 2.50. The molecule has 1 amide bonds. The predicted octanol–water partition coefficient (Wildman–Crippen LogP) is 3.14. The topological polar surface area (TPSA) is 55.8 Å². The van der Waals surface area contributed by atoms with Gasteiger partial charge in [0.2, 0.25) is 0 Å². The summed E-state index contributed by atoms with van der Waals surface area (Å²) in [7, 11) is 0. The van der Waals surface area contributed by atoms with Crippen LogP contribution >= 0.6 is 0 Å². The molecule has 1 aliphatic rings. The lowest BCUT2D eigenvalue weighted by Crippen LogP contribution is -2.48. The van der Waals surface area contributed by atoms with E-state index < -0.39 is 11.0 Å². The number of rotatable bonds is 4. The molecule has 21 heavy (non-hydrogen) atoms. The van der Waals surface area contributed by atoms with Crippen LogP contribution in [-0.2, 0) is 14.3 Å². The fourth-order valence-electron chi connectivity index (χ4n) is 2.50. The zero-order valence-corrected chi connectivity index (χ0v) is 13.6. The summed E-state index contributed by atoms with van der Waals surface area (Å²) in [6, 6.07) is 0. The minimum Gasteiger partial charge on any atom is -0.466 e. The van der Waals surface area contributed by atoms with E-state index in [9.17, 15) is 9.59 Å². The standard InChI is InChI=1S/C16H27NO4/c1-6-8-16(13(18)20-7-2)9-11-17(12-10-16)14(19)21-15(3,4)5/h6H,1,7-12H2,2-5H3. The van der Waals surface area contributed by atoms with Gasteiger partial charge in [0.15, 0.2) is 0 Å². The molecule has 0 spiro atoms. The first-order chi connectivity index (χ1) is 9.74. The number of esters is 1. The Morgan fingerprint density at radius 3 is 2.29 bits per heavy atom. The number of carbonyl (C=O) groups is 2. The SMILES string of the molecule is C=CCC1(C(=O)OCC)CCN(C(=O)OC(C)(C)C)CC1. The molecule has 5 nitrogen and oxygen atoms in total. The van der Waals surface area contributed by atoms with Crippen molar-refractivity contribution in [2.75, 3.05) is 19.7 Å². The molecule has 0 aromatic rings. The Balaban J connectivity index is 2.68. The summed E-state index contributed by atoms with van der Waals surface area (Å²) >= 11 is 0. The number of ether oxygens (including phenoxy) is 2. The molecule has 1 rings (SSSR count). The molecule has 0 aromatic carbocycles. The Morgan fingerprint density at radius 1 is 1.29 bits per heavy atom. The maximum atomic E-state index is 12.2. The number of hydrogen-bond acceptors (Lipinski definition) is 4. The van der Waals surface area contributed by atoms with Gasteiger partial charge in [-0.3, -0.25) is 4.79 Å². The highest BCUT2D eigenvalue weighted by atomic mass is 16.6. The quantitative estimate of drug-likeness (QED) is 0.591. The minimum absolute atomic E-state index is 0.186. The summed E-state index contributed by atoms with van der Waals surface area (Å²) in [4.78, 5) is 25.9. The monoisotopic (exact) mass is 297 g/mol. The molecule has 1 aliphatic heterocycles. The number of piperidine rings is 1. The van der Waals surface area contributed by atoms with Crippen molar-refractivity contribution >= 4 is 12.1 Å². The number of nitrogens with zero attached hydrogens (tertiary/aromatic N) is 1. The second-order valence-corrected chi connectivity index (χ2v) is 6.46. The van der Waals surface area contributed by atoms with Crippen molar-refractivity contribution in [3.05, 3.63) is 12.7 Å². The minimum atomic E-state index is -0.545. The summed E-state index contributed by atoms with van der Waals surface area (Å²) in [6.45, 7) is 12.4. The van der Waals surface area contributed by atoms with Gasteiger partial charge in [-0.1, -0.05) is 6.08 Å². The van der Waals surface area contributed by atoms with Gasteiger partial charge in [-0.2, -0.15) is 0 Å². The van der Waals surface area contributed by atoms with Crippen molar-refractivity contribution in [1.29, 1.82) is 0 Å². The molecule has 0 saturated carbocycles. The third kappa shape index (κ3) is 4.76. The lowest BCUT2D eigenvalue weighted by Gasteiger charge is -2.39. The van der Waals surface area contributed by atoms with Gasteiger partial charge < -0.3 is 14.4 Å². The molecule has 0 aromatic heterocycles. The van der Waals surface area contributed by atoms with E-state index in [2.05, 4.69) is 6.58 Å². The van der Waals surface area contributed by atoms with Crippen LogP contribution in [0.2, 0.25) is 0 Å². The normalized spacial score (nSPS) is 18.0. The van der Waals surface area contributed by atoms with Gasteiger partial charge in [0.25, 0.3) is 0 Å². The molecule has 0 atom stereocenters. The summed E-state index contributed by atoms with van der Waals surface area (Å²) in [6.07, 6.45) is 3.17. The molecule has 0 radical (unpaired) electrons. The van der Waals surface area contributed by atoms with Crippen LogP contribution in [-0.4, -0.2) is 42.3 Å². The maximum Gasteiger partial charge on any atom is 0.410 e. The summed E-state index contributed by atoms with van der Waals surface area (Å²) in [5.41, 5.74) is -1.05. The maximum absolute atomic E-state index is 12.2. The number of allylic oxidation sites excluding steroid dienone is 1. The van der Waals surface area contributed by atoms with Crippen LogP contribution < -0.4 is 0 Å². The largest absolute Gasteiger partial charge is 0.466 e. The molecular formula is C16H27NO4. The van der Waals surface area contributed by atoms with E-state index in [1.807, 2.05) is 20.8 Å². The van der Waals surface area contributed by atoms with E-state index in [0.717, 1.165) is 0 Å². The highest BCUT2D eigenvalue weighted by Crippen LogP contribution is 2.37. The van der Waals surface area contributed by atoms with E-state index in [1.54, 1.807) is 17.9 Å². The van der Waals surface area contributed by atoms with Crippen LogP contribution in [0.3, 0.4) is 0 Å². The average Bonchev–Trinajstić information content (AvgIpc) is 2.38. The van der Waals surface area contributed by atoms with Crippen molar-refractivity contribution in [1.82, 2.24) is 4.90 Å². The van der Waals surface area contributed by atoms with Crippen molar-refractivity contribution in [2.45, 2.75) is 52.6 Å². The van der Waals surface area contributed by atoms with E-state index in [4.69, 9.17) is 9.47 Å². The van der Waals surface area contributed by atoms with Crippen molar-refractivity contribution in [3.8, 4) is 0 Å². The van der Waals surface area contributed by atoms with Gasteiger partial charge in [0.1, 0.15) is 5.60 Å². The molecule has 120 valence electrons. The molecular weight excluding hydrogens is 270 g/mol. The molecule has 0 unspecified atom stereocenters. The van der Waals surface area contributed by atoms with Crippen LogP contribution in [0.25, 0.3) is 0 Å². The van der Waals surface area contributed by atoms with Crippen molar-refractivity contribution in [2.24, 2.45) is 5.41 Å². The van der Waals surface area contributed by atoms with E-state index in [0.29, 0.717) is 39.0 Å². The molecule has 1 fully saturated rings. The molecule has 0 aliphatic carbocycles. The Bertz CT molecular complexity index is 390. The van der Waals surface area contributed by atoms with Crippen LogP contribution in [0, 0.1) is 5.41 Å². The van der Waals surface area contributed by atoms with Gasteiger partial charge in [0.05, 0.1) is 12.0 Å². The first-order valence-corrected chi connectivity index (χ1v) is 7.50. The lowest BCUT2D eigenvalue weighted by molar-refractivity contribution is -0.158. The first-order valence-electron chi connectivity index (χ1n) is 7.50. The highest BCUT2D eigenvalue weighted by molar-refractivity contribution is 5.78. The smallest absolute Gasteiger partial charge is 0.410 e. The van der Waals surface area contributed by atoms with Crippen LogP contribution in [0.1, 0.15) is 47.0 Å². The Morgan fingerprint density at radius 2 is 1.86 bits per heavy atom. The second kappa shape index (κ2) is 6.96. The number of amides is 1. The number of likely N-dealkylation sites (tertiary alicyclic amines) is 1. The highest BCUT2D eigenvalue weighted by Gasteiger charge is 2.43. The van der Waals surface area contributed by atoms with Crippen LogP contribution in [0.15, 0.2) is 12.7 Å². The Labute approximate surface area is 127 Å². The first kappa shape index (κ1) is 17.5. The fraction of sp³-hybridized carbons (Fsp3) is 0.750. The lowest BCUT2D eigenvalue weighted by atomic mass is 9.75. The molecule has 0 bridgehead atoms. The van der Waals surface area contributed by atoms with Crippen molar-refractivity contribution < 1.29 is 19.1 Å². The third-order valence-corrected chi connectivity index (χ3v) is 3.62. The van der Waals surface area contributed by atoms with E-state index in [-0.39, 0.29) is 12.1 Å². The summed E-state index contributed by atoms with van der Waals surface area (Å²) in [5.74, 6) is -0.186. The molecule has 0 N–H and O–H groups in total. The van der Waals surface area contributed by atoms with E-state index >= 15 is 0 Å². The Hall–Kier alpha value is -1.52. The number of carbonyl (C=O) groups excluding carboxylic acids is 2. The third-order valence-electron chi connectivity index (χ3n) is 3.62. The Kier molecular flexibility index (Phi) is 5.81. The average molecular weight is 297 g/mol. The molecule has 1 heterocycles. The van der Waals surface area contributed by atoms with Gasteiger partial charge in [-0.25, -0.2) is 4.79 Å². The van der Waals surface area contributed by atoms with Crippen LogP contribution in [0.4, 0.5) is 4.79 Å². The van der Waals surface area contributed by atoms with Gasteiger partial charge >= 0.3 is 12.1 Å². The van der Waals surface area contributed by atoms with Crippen molar-refractivity contribution in [3.63, 3.8) is 0 Å². The molecule has 5 heteroatoms. The van der Waals surface area contributed by atoms with Crippen LogP contribution in [0.5, 0.6) is 0 Å². The summed E-state index contributed by atoms with van der Waals surface area (Å²) in [5, 5.41) is 0. The molecule has 1 saturated heterocycles. The summed E-state index contributed by atoms with van der Waals surface area (Å²) < 4.78 is 10.6. The zero-order chi connectivity index (χ0) is 16.1. The van der Waals surface area contributed by atoms with Gasteiger partial charge in [-0.15, -0.1) is 6.58 Å².